The zero-order valence-corrected chi connectivity index (χ0v) is 8.19. The average Bonchev–Trinajstić information content (AvgIpc) is 2.23. The molecule has 0 saturated carbocycles. The van der Waals surface area contributed by atoms with Crippen molar-refractivity contribution in [1.82, 2.24) is 5.06 Å². The van der Waals surface area contributed by atoms with Gasteiger partial charge < -0.3 is 5.21 Å². The Labute approximate surface area is 84.4 Å². The summed E-state index contributed by atoms with van der Waals surface area (Å²) in [7, 11) is 0. The summed E-state index contributed by atoms with van der Waals surface area (Å²) in [5.41, 5.74) is 2.59. The summed E-state index contributed by atoms with van der Waals surface area (Å²) in [6, 6.07) is 8.40. The summed E-state index contributed by atoms with van der Waals surface area (Å²) < 4.78 is 0. The summed E-state index contributed by atoms with van der Waals surface area (Å²) in [4.78, 5) is 0. The van der Waals surface area contributed by atoms with E-state index in [4.69, 9.17) is 0 Å². The van der Waals surface area contributed by atoms with Crippen molar-refractivity contribution in [2.45, 2.75) is 18.9 Å². The Kier molecular flexibility index (Phi) is 2.66. The highest BCUT2D eigenvalue weighted by Gasteiger charge is 2.24. The third-order valence-electron chi connectivity index (χ3n) is 2.77. The van der Waals surface area contributed by atoms with Crippen molar-refractivity contribution in [2.24, 2.45) is 0 Å². The number of hydroxylamine groups is 2. The third kappa shape index (κ3) is 1.59. The van der Waals surface area contributed by atoms with E-state index >= 15 is 0 Å². The van der Waals surface area contributed by atoms with Gasteiger partial charge in [-0.05, 0) is 24.0 Å². The van der Waals surface area contributed by atoms with Crippen LogP contribution in [0.4, 0.5) is 0 Å². The number of fused-ring (bicyclic) bond motifs is 1. The zero-order chi connectivity index (χ0) is 9.97. The van der Waals surface area contributed by atoms with Crippen LogP contribution in [0.25, 0.3) is 0 Å². The molecular weight excluding hydrogens is 174 g/mol. The maximum Gasteiger partial charge on any atom is 0.0636 e. The quantitative estimate of drug-likeness (QED) is 0.723. The lowest BCUT2D eigenvalue weighted by Crippen LogP contribution is -2.32. The molecule has 0 radical (unpaired) electrons. The van der Waals surface area contributed by atoms with E-state index in [0.29, 0.717) is 0 Å². The average molecular weight is 189 g/mol. The molecule has 0 spiro atoms. The van der Waals surface area contributed by atoms with E-state index in [-0.39, 0.29) is 6.04 Å². The summed E-state index contributed by atoms with van der Waals surface area (Å²) in [5, 5.41) is 11.2. The van der Waals surface area contributed by atoms with Crippen molar-refractivity contribution < 1.29 is 5.21 Å². The van der Waals surface area contributed by atoms with Crippen LogP contribution in [0, 0.1) is 0 Å². The van der Waals surface area contributed by atoms with Crippen molar-refractivity contribution in [1.29, 1.82) is 0 Å². The Morgan fingerprint density at radius 2 is 2.29 bits per heavy atom. The first-order valence-corrected chi connectivity index (χ1v) is 4.97. The van der Waals surface area contributed by atoms with E-state index in [1.54, 1.807) is 0 Å². The van der Waals surface area contributed by atoms with E-state index in [1.807, 2.05) is 12.1 Å². The van der Waals surface area contributed by atoms with Crippen LogP contribution in [0.5, 0.6) is 0 Å². The van der Waals surface area contributed by atoms with Crippen LogP contribution in [-0.4, -0.2) is 16.8 Å². The Bertz CT molecular complexity index is 335. The molecule has 2 nitrogen and oxygen atoms in total. The van der Waals surface area contributed by atoms with Crippen molar-refractivity contribution in [2.75, 3.05) is 6.54 Å². The van der Waals surface area contributed by atoms with E-state index in [9.17, 15) is 5.21 Å². The fourth-order valence-corrected chi connectivity index (χ4v) is 2.04. The van der Waals surface area contributed by atoms with Gasteiger partial charge in [-0.2, -0.15) is 5.06 Å². The first-order valence-electron chi connectivity index (χ1n) is 4.97. The molecule has 1 heterocycles. The molecule has 1 aromatic carbocycles. The maximum atomic E-state index is 9.73. The van der Waals surface area contributed by atoms with Crippen molar-refractivity contribution in [3.63, 3.8) is 0 Å². The van der Waals surface area contributed by atoms with E-state index in [0.717, 1.165) is 19.4 Å². The molecule has 0 amide bonds. The van der Waals surface area contributed by atoms with Crippen LogP contribution in [-0.2, 0) is 6.42 Å². The predicted molar refractivity (Wildman–Crippen MR) is 56.2 cm³/mol. The molecular formula is C12H15NO. The molecule has 2 rings (SSSR count). The Morgan fingerprint density at radius 3 is 3.07 bits per heavy atom. The third-order valence-corrected chi connectivity index (χ3v) is 2.77. The molecule has 1 aromatic rings. The summed E-state index contributed by atoms with van der Waals surface area (Å²) in [5.74, 6) is 0. The molecule has 1 unspecified atom stereocenters. The Hall–Kier alpha value is -1.12. The number of rotatable bonds is 2. The van der Waals surface area contributed by atoms with Crippen LogP contribution in [0.15, 0.2) is 36.9 Å². The molecule has 0 fully saturated rings. The second kappa shape index (κ2) is 3.95. The van der Waals surface area contributed by atoms with Gasteiger partial charge in [-0.25, -0.2) is 0 Å². The normalized spacial score (nSPS) is 21.6. The van der Waals surface area contributed by atoms with Gasteiger partial charge in [-0.15, -0.1) is 6.58 Å². The van der Waals surface area contributed by atoms with Gasteiger partial charge in [0.25, 0.3) is 0 Å². The molecule has 0 aliphatic carbocycles. The van der Waals surface area contributed by atoms with Gasteiger partial charge >= 0.3 is 0 Å². The van der Waals surface area contributed by atoms with Crippen LogP contribution in [0.1, 0.15) is 23.6 Å². The van der Waals surface area contributed by atoms with Crippen molar-refractivity contribution in [3.8, 4) is 0 Å². The SMILES string of the molecule is C=CCC1c2ccccc2CCN1O. The smallest absolute Gasteiger partial charge is 0.0636 e. The summed E-state index contributed by atoms with van der Waals surface area (Å²) in [6.45, 7) is 4.44. The lowest BCUT2D eigenvalue weighted by atomic mass is 9.92. The van der Waals surface area contributed by atoms with Crippen LogP contribution in [0.3, 0.4) is 0 Å². The first-order chi connectivity index (χ1) is 6.83. The van der Waals surface area contributed by atoms with E-state index in [2.05, 4.69) is 24.8 Å². The van der Waals surface area contributed by atoms with E-state index in [1.165, 1.54) is 16.2 Å². The lowest BCUT2D eigenvalue weighted by molar-refractivity contribution is -0.132. The second-order valence-corrected chi connectivity index (χ2v) is 3.65. The molecule has 74 valence electrons. The predicted octanol–water partition coefficient (Wildman–Crippen LogP) is 2.55. The number of benzene rings is 1. The largest absolute Gasteiger partial charge is 0.313 e. The molecule has 1 atom stereocenters. The minimum absolute atomic E-state index is 0.0949. The highest BCUT2D eigenvalue weighted by Crippen LogP contribution is 2.30. The van der Waals surface area contributed by atoms with Crippen molar-refractivity contribution in [3.05, 3.63) is 48.0 Å². The molecule has 0 saturated heterocycles. The molecule has 1 aliphatic heterocycles. The Morgan fingerprint density at radius 1 is 1.50 bits per heavy atom. The molecule has 0 aromatic heterocycles. The zero-order valence-electron chi connectivity index (χ0n) is 8.19. The Balaban J connectivity index is 2.35. The molecule has 1 N–H and O–H groups in total. The lowest BCUT2D eigenvalue weighted by Gasteiger charge is -2.32. The fourth-order valence-electron chi connectivity index (χ4n) is 2.04. The summed E-state index contributed by atoms with van der Waals surface area (Å²) in [6.07, 6.45) is 3.59. The standard InChI is InChI=1S/C12H15NO/c1-2-5-12-11-7-4-3-6-10(11)8-9-13(12)14/h2-4,6-7,12,14H,1,5,8-9H2. The van der Waals surface area contributed by atoms with Gasteiger partial charge in [0, 0.05) is 6.54 Å². The number of hydrogen-bond donors (Lipinski definition) is 1. The molecule has 2 heteroatoms. The molecule has 14 heavy (non-hydrogen) atoms. The van der Waals surface area contributed by atoms with Gasteiger partial charge in [-0.1, -0.05) is 30.3 Å². The van der Waals surface area contributed by atoms with Gasteiger partial charge in [0.15, 0.2) is 0 Å². The van der Waals surface area contributed by atoms with Crippen LogP contribution in [0.2, 0.25) is 0 Å². The number of hydrogen-bond acceptors (Lipinski definition) is 2. The fraction of sp³-hybridized carbons (Fsp3) is 0.333. The van der Waals surface area contributed by atoms with Gasteiger partial charge in [0.05, 0.1) is 6.04 Å². The van der Waals surface area contributed by atoms with E-state index < -0.39 is 0 Å². The highest BCUT2D eigenvalue weighted by atomic mass is 16.5. The maximum absolute atomic E-state index is 9.73. The second-order valence-electron chi connectivity index (χ2n) is 3.65. The number of nitrogens with zero attached hydrogens (tertiary/aromatic N) is 1. The van der Waals surface area contributed by atoms with Crippen molar-refractivity contribution >= 4 is 0 Å². The van der Waals surface area contributed by atoms with Crippen LogP contribution < -0.4 is 0 Å². The van der Waals surface area contributed by atoms with Gasteiger partial charge in [0.2, 0.25) is 0 Å². The monoisotopic (exact) mass is 189 g/mol. The highest BCUT2D eigenvalue weighted by molar-refractivity contribution is 5.32. The van der Waals surface area contributed by atoms with Gasteiger partial charge in [-0.3, -0.25) is 0 Å². The topological polar surface area (TPSA) is 23.5 Å². The van der Waals surface area contributed by atoms with Crippen LogP contribution >= 0.6 is 0 Å². The minimum atomic E-state index is 0.0949. The molecule has 0 bridgehead atoms. The summed E-state index contributed by atoms with van der Waals surface area (Å²) >= 11 is 0. The van der Waals surface area contributed by atoms with Gasteiger partial charge in [0.1, 0.15) is 0 Å². The minimum Gasteiger partial charge on any atom is -0.313 e. The molecule has 1 aliphatic rings. The first kappa shape index (κ1) is 9.44.